The predicted molar refractivity (Wildman–Crippen MR) is 160 cm³/mol. The van der Waals surface area contributed by atoms with Gasteiger partial charge in [-0.05, 0) is 78.9 Å². The highest BCUT2D eigenvalue weighted by Crippen LogP contribution is 2.38. The SMILES string of the molecule is CCCCCCCCCCOc1ccc(C(=O)Oc2ccc(C(=O)OC3c4ccccc4CCC3C(=O)O)cc2)cc1. The van der Waals surface area contributed by atoms with Gasteiger partial charge in [0, 0.05) is 0 Å². The van der Waals surface area contributed by atoms with Crippen LogP contribution in [0.1, 0.15) is 103 Å². The Hall–Kier alpha value is -4.13. The number of carboxylic acid groups (broad SMARTS) is 1. The first-order valence-electron chi connectivity index (χ1n) is 15.0. The molecule has 0 bridgehead atoms. The molecular weight excluding hydrogens is 532 g/mol. The Bertz CT molecular complexity index is 1310. The zero-order chi connectivity index (χ0) is 29.7. The van der Waals surface area contributed by atoms with Crippen molar-refractivity contribution >= 4 is 17.9 Å². The largest absolute Gasteiger partial charge is 0.494 e. The van der Waals surface area contributed by atoms with Gasteiger partial charge in [-0.25, -0.2) is 9.59 Å². The maximum atomic E-state index is 12.9. The molecule has 0 fully saturated rings. The molecule has 2 atom stereocenters. The number of rotatable bonds is 15. The average Bonchev–Trinajstić information content (AvgIpc) is 3.01. The molecule has 4 rings (SSSR count). The highest BCUT2D eigenvalue weighted by Gasteiger charge is 2.37. The number of carboxylic acids is 1. The van der Waals surface area contributed by atoms with Crippen LogP contribution in [0.2, 0.25) is 0 Å². The first-order valence-corrected chi connectivity index (χ1v) is 15.0. The lowest BCUT2D eigenvalue weighted by molar-refractivity contribution is -0.146. The molecule has 0 saturated carbocycles. The Labute approximate surface area is 247 Å². The van der Waals surface area contributed by atoms with Crippen LogP contribution in [0, 0.1) is 5.92 Å². The summed E-state index contributed by atoms with van der Waals surface area (Å²) in [5.74, 6) is -1.98. The number of esters is 2. The molecule has 0 spiro atoms. The minimum absolute atomic E-state index is 0.236. The van der Waals surface area contributed by atoms with Gasteiger partial charge in [0.1, 0.15) is 17.6 Å². The Kier molecular flexibility index (Phi) is 11.6. The second kappa shape index (κ2) is 15.8. The Morgan fingerprint density at radius 2 is 1.33 bits per heavy atom. The molecule has 2 unspecified atom stereocenters. The summed E-state index contributed by atoms with van der Waals surface area (Å²) in [5, 5.41) is 9.69. The van der Waals surface area contributed by atoms with Crippen LogP contribution in [0.5, 0.6) is 11.5 Å². The molecule has 7 nitrogen and oxygen atoms in total. The number of aryl methyl sites for hydroxylation is 1. The Morgan fingerprint density at radius 1 is 0.738 bits per heavy atom. The summed E-state index contributed by atoms with van der Waals surface area (Å²) < 4.78 is 17.0. The van der Waals surface area contributed by atoms with E-state index in [1.807, 2.05) is 18.2 Å². The molecule has 0 amide bonds. The third kappa shape index (κ3) is 8.68. The van der Waals surface area contributed by atoms with Crippen molar-refractivity contribution in [2.75, 3.05) is 6.61 Å². The number of hydrogen-bond donors (Lipinski definition) is 1. The fourth-order valence-electron chi connectivity index (χ4n) is 5.24. The van der Waals surface area contributed by atoms with Crippen LogP contribution < -0.4 is 9.47 Å². The third-order valence-electron chi connectivity index (χ3n) is 7.66. The predicted octanol–water partition coefficient (Wildman–Crippen LogP) is 7.97. The topological polar surface area (TPSA) is 99.1 Å². The number of fused-ring (bicyclic) bond motifs is 1. The first-order chi connectivity index (χ1) is 20.5. The van der Waals surface area contributed by atoms with Gasteiger partial charge in [-0.1, -0.05) is 76.1 Å². The maximum absolute atomic E-state index is 12.9. The quantitative estimate of drug-likeness (QED) is 0.112. The second-order valence-corrected chi connectivity index (χ2v) is 10.8. The third-order valence-corrected chi connectivity index (χ3v) is 7.66. The van der Waals surface area contributed by atoms with Crippen molar-refractivity contribution in [2.45, 2.75) is 77.2 Å². The molecular formula is C35H40O7. The maximum Gasteiger partial charge on any atom is 0.343 e. The van der Waals surface area contributed by atoms with E-state index in [1.54, 1.807) is 30.3 Å². The lowest BCUT2D eigenvalue weighted by Gasteiger charge is -2.30. The minimum Gasteiger partial charge on any atom is -0.494 e. The van der Waals surface area contributed by atoms with E-state index >= 15 is 0 Å². The lowest BCUT2D eigenvalue weighted by atomic mass is 9.81. The molecule has 1 N–H and O–H groups in total. The zero-order valence-corrected chi connectivity index (χ0v) is 24.3. The first kappa shape index (κ1) is 30.8. The molecule has 7 heteroatoms. The van der Waals surface area contributed by atoms with Gasteiger partial charge in [-0.2, -0.15) is 0 Å². The molecule has 1 aliphatic rings. The van der Waals surface area contributed by atoms with Gasteiger partial charge in [0.25, 0.3) is 0 Å². The monoisotopic (exact) mass is 572 g/mol. The molecule has 42 heavy (non-hydrogen) atoms. The van der Waals surface area contributed by atoms with Crippen molar-refractivity contribution in [1.82, 2.24) is 0 Å². The smallest absolute Gasteiger partial charge is 0.343 e. The Balaban J connectivity index is 1.24. The number of unbranched alkanes of at least 4 members (excludes halogenated alkanes) is 7. The van der Waals surface area contributed by atoms with Crippen LogP contribution in [0.3, 0.4) is 0 Å². The number of aliphatic carboxylic acids is 1. The molecule has 0 aliphatic heterocycles. The summed E-state index contributed by atoms with van der Waals surface area (Å²) >= 11 is 0. The van der Waals surface area contributed by atoms with E-state index in [0.29, 0.717) is 30.8 Å². The van der Waals surface area contributed by atoms with Gasteiger partial charge in [0.15, 0.2) is 0 Å². The van der Waals surface area contributed by atoms with Crippen molar-refractivity contribution in [2.24, 2.45) is 5.92 Å². The average molecular weight is 573 g/mol. The summed E-state index contributed by atoms with van der Waals surface area (Å²) in [7, 11) is 0. The summed E-state index contributed by atoms with van der Waals surface area (Å²) in [6.07, 6.45) is 10.1. The van der Waals surface area contributed by atoms with Gasteiger partial charge < -0.3 is 19.3 Å². The summed E-state index contributed by atoms with van der Waals surface area (Å²) in [5.41, 5.74) is 2.33. The van der Waals surface area contributed by atoms with E-state index in [9.17, 15) is 19.5 Å². The summed E-state index contributed by atoms with van der Waals surface area (Å²) in [6.45, 7) is 2.88. The zero-order valence-electron chi connectivity index (χ0n) is 24.3. The fraction of sp³-hybridized carbons (Fsp3) is 0.400. The Morgan fingerprint density at radius 3 is 2.00 bits per heavy atom. The van der Waals surface area contributed by atoms with Gasteiger partial charge >= 0.3 is 17.9 Å². The molecule has 0 saturated heterocycles. The number of hydrogen-bond acceptors (Lipinski definition) is 6. The van der Waals surface area contributed by atoms with E-state index in [-0.39, 0.29) is 11.3 Å². The van der Waals surface area contributed by atoms with Crippen LogP contribution in [0.4, 0.5) is 0 Å². The number of carbonyl (C=O) groups is 3. The molecule has 222 valence electrons. The molecule has 1 aliphatic carbocycles. The highest BCUT2D eigenvalue weighted by atomic mass is 16.5. The van der Waals surface area contributed by atoms with E-state index in [4.69, 9.17) is 14.2 Å². The van der Waals surface area contributed by atoms with E-state index in [2.05, 4.69) is 6.92 Å². The normalized spacial score (nSPS) is 15.8. The van der Waals surface area contributed by atoms with E-state index in [1.165, 1.54) is 62.8 Å². The van der Waals surface area contributed by atoms with Crippen molar-refractivity contribution < 1.29 is 33.7 Å². The van der Waals surface area contributed by atoms with Crippen molar-refractivity contribution in [3.05, 3.63) is 95.1 Å². The number of benzene rings is 3. The summed E-state index contributed by atoms with van der Waals surface area (Å²) in [6, 6.07) is 20.3. The molecule has 3 aromatic rings. The molecule has 0 heterocycles. The highest BCUT2D eigenvalue weighted by molar-refractivity contribution is 5.92. The van der Waals surface area contributed by atoms with Crippen LogP contribution in [-0.2, 0) is 16.0 Å². The molecule has 0 radical (unpaired) electrons. The second-order valence-electron chi connectivity index (χ2n) is 10.8. The van der Waals surface area contributed by atoms with Crippen LogP contribution in [-0.4, -0.2) is 29.6 Å². The van der Waals surface area contributed by atoms with Gasteiger partial charge in [0.05, 0.1) is 23.7 Å². The fourth-order valence-corrected chi connectivity index (χ4v) is 5.24. The van der Waals surface area contributed by atoms with Crippen molar-refractivity contribution in [1.29, 1.82) is 0 Å². The van der Waals surface area contributed by atoms with Gasteiger partial charge in [-0.3, -0.25) is 4.79 Å². The van der Waals surface area contributed by atoms with Crippen LogP contribution in [0.25, 0.3) is 0 Å². The van der Waals surface area contributed by atoms with Crippen LogP contribution in [0.15, 0.2) is 72.8 Å². The van der Waals surface area contributed by atoms with Crippen molar-refractivity contribution in [3.63, 3.8) is 0 Å². The van der Waals surface area contributed by atoms with E-state index in [0.717, 1.165) is 24.0 Å². The number of ether oxygens (including phenoxy) is 3. The lowest BCUT2D eigenvalue weighted by Crippen LogP contribution is -2.30. The summed E-state index contributed by atoms with van der Waals surface area (Å²) in [4.78, 5) is 37.4. The van der Waals surface area contributed by atoms with Crippen LogP contribution >= 0.6 is 0 Å². The van der Waals surface area contributed by atoms with Gasteiger partial charge in [0.2, 0.25) is 0 Å². The minimum atomic E-state index is -0.993. The van der Waals surface area contributed by atoms with E-state index < -0.39 is 29.9 Å². The van der Waals surface area contributed by atoms with Gasteiger partial charge in [-0.15, -0.1) is 0 Å². The molecule has 0 aromatic heterocycles. The number of carbonyl (C=O) groups excluding carboxylic acids is 2. The standard InChI is InChI=1S/C35H40O7/c1-2-3-4-5-6-7-8-11-24-40-28-19-14-26(15-20-28)34(38)41-29-21-16-27(17-22-29)35(39)42-32-30-13-10-9-12-25(30)18-23-31(32)33(36)37/h9-10,12-17,19-22,31-32H,2-8,11,18,23-24H2,1H3,(H,36,37). The van der Waals surface area contributed by atoms with Crippen molar-refractivity contribution in [3.8, 4) is 11.5 Å². The molecule has 3 aromatic carbocycles.